The highest BCUT2D eigenvalue weighted by Gasteiger charge is 2.13. The Hall–Kier alpha value is -1.81. The largest absolute Gasteiger partial charge is 0.508 e. The third-order valence-electron chi connectivity index (χ3n) is 3.15. The van der Waals surface area contributed by atoms with Crippen molar-refractivity contribution in [3.05, 3.63) is 46.7 Å². The highest BCUT2D eigenvalue weighted by atomic mass is 32.1. The lowest BCUT2D eigenvalue weighted by molar-refractivity contribution is -0.118. The van der Waals surface area contributed by atoms with E-state index in [1.54, 1.807) is 34.4 Å². The second kappa shape index (κ2) is 7.10. The van der Waals surface area contributed by atoms with Crippen LogP contribution in [0, 0.1) is 0 Å². The smallest absolute Gasteiger partial charge is 0.226 e. The Morgan fingerprint density at radius 3 is 2.80 bits per heavy atom. The van der Waals surface area contributed by atoms with Crippen molar-refractivity contribution in [3.8, 4) is 5.75 Å². The normalized spacial score (nSPS) is 10.4. The van der Waals surface area contributed by atoms with E-state index in [0.29, 0.717) is 13.0 Å². The predicted octanol–water partition coefficient (Wildman–Crippen LogP) is 3.83. The van der Waals surface area contributed by atoms with E-state index >= 15 is 0 Å². The lowest BCUT2D eigenvalue weighted by Gasteiger charge is -2.21. The minimum absolute atomic E-state index is 0.106. The number of phenolic OH excluding ortho intramolecular Hbond substituents is 1. The fourth-order valence-electron chi connectivity index (χ4n) is 2.17. The number of nitrogens with zero attached hydrogens (tertiary/aromatic N) is 1. The predicted molar refractivity (Wildman–Crippen MR) is 83.4 cm³/mol. The number of carbonyl (C=O) groups is 1. The molecular weight excluding hydrogens is 270 g/mol. The molecule has 0 aliphatic carbocycles. The number of aromatic hydroxyl groups is 1. The van der Waals surface area contributed by atoms with Crippen molar-refractivity contribution >= 4 is 22.9 Å². The van der Waals surface area contributed by atoms with Crippen molar-refractivity contribution in [3.63, 3.8) is 0 Å². The van der Waals surface area contributed by atoms with Gasteiger partial charge in [0.15, 0.2) is 0 Å². The summed E-state index contributed by atoms with van der Waals surface area (Å²) in [5, 5.41) is 11.6. The van der Waals surface area contributed by atoms with Gasteiger partial charge in [-0.15, -0.1) is 11.3 Å². The maximum atomic E-state index is 12.3. The van der Waals surface area contributed by atoms with E-state index in [2.05, 4.69) is 11.4 Å². The van der Waals surface area contributed by atoms with Gasteiger partial charge in [0.2, 0.25) is 5.91 Å². The van der Waals surface area contributed by atoms with E-state index < -0.39 is 0 Å². The van der Waals surface area contributed by atoms with Gasteiger partial charge in [-0.2, -0.15) is 0 Å². The molecule has 2 aromatic rings. The SMILES string of the molecule is CCN(C(=O)CCCc1cccs1)c1cccc(O)c1. The Morgan fingerprint density at radius 1 is 1.30 bits per heavy atom. The molecule has 0 unspecified atom stereocenters. The molecule has 1 heterocycles. The van der Waals surface area contributed by atoms with E-state index in [-0.39, 0.29) is 11.7 Å². The van der Waals surface area contributed by atoms with Crippen LogP contribution in [-0.2, 0) is 11.2 Å². The number of phenols is 1. The van der Waals surface area contributed by atoms with Crippen molar-refractivity contribution in [1.82, 2.24) is 0 Å². The van der Waals surface area contributed by atoms with Crippen molar-refractivity contribution < 1.29 is 9.90 Å². The molecule has 20 heavy (non-hydrogen) atoms. The molecule has 0 saturated carbocycles. The number of hydrogen-bond donors (Lipinski definition) is 1. The fourth-order valence-corrected chi connectivity index (χ4v) is 2.92. The van der Waals surface area contributed by atoms with Gasteiger partial charge >= 0.3 is 0 Å². The Balaban J connectivity index is 1.92. The van der Waals surface area contributed by atoms with E-state index in [4.69, 9.17) is 0 Å². The molecule has 0 saturated heterocycles. The van der Waals surface area contributed by atoms with Crippen LogP contribution < -0.4 is 4.90 Å². The average molecular weight is 289 g/mol. The minimum Gasteiger partial charge on any atom is -0.508 e. The first-order valence-electron chi connectivity index (χ1n) is 6.82. The molecule has 1 aromatic carbocycles. The van der Waals surface area contributed by atoms with Crippen LogP contribution in [0.2, 0.25) is 0 Å². The minimum atomic E-state index is 0.106. The summed E-state index contributed by atoms with van der Waals surface area (Å²) >= 11 is 1.73. The zero-order valence-electron chi connectivity index (χ0n) is 11.6. The number of anilines is 1. The summed E-state index contributed by atoms with van der Waals surface area (Å²) < 4.78 is 0. The number of benzene rings is 1. The first-order chi connectivity index (χ1) is 9.70. The molecule has 1 amide bonds. The number of rotatable bonds is 6. The second-order valence-corrected chi connectivity index (χ2v) is 5.62. The van der Waals surface area contributed by atoms with Crippen molar-refractivity contribution in [1.29, 1.82) is 0 Å². The Bertz CT molecular complexity index is 551. The van der Waals surface area contributed by atoms with E-state index in [0.717, 1.165) is 18.5 Å². The van der Waals surface area contributed by atoms with Crippen LogP contribution in [-0.4, -0.2) is 17.6 Å². The molecule has 106 valence electrons. The molecule has 2 rings (SSSR count). The highest BCUT2D eigenvalue weighted by molar-refractivity contribution is 7.09. The molecule has 0 aliphatic rings. The monoisotopic (exact) mass is 289 g/mol. The maximum absolute atomic E-state index is 12.3. The molecule has 0 spiro atoms. The molecule has 1 aromatic heterocycles. The summed E-state index contributed by atoms with van der Waals surface area (Å²) in [5.74, 6) is 0.294. The molecule has 4 heteroatoms. The number of aryl methyl sites for hydroxylation is 1. The fraction of sp³-hybridized carbons (Fsp3) is 0.312. The van der Waals surface area contributed by atoms with Crippen LogP contribution in [0.1, 0.15) is 24.6 Å². The van der Waals surface area contributed by atoms with E-state index in [9.17, 15) is 9.90 Å². The van der Waals surface area contributed by atoms with Gasteiger partial charge in [-0.3, -0.25) is 4.79 Å². The third kappa shape index (κ3) is 3.84. The van der Waals surface area contributed by atoms with Crippen LogP contribution in [0.5, 0.6) is 5.75 Å². The van der Waals surface area contributed by atoms with Gasteiger partial charge in [-0.05, 0) is 43.3 Å². The molecule has 0 atom stereocenters. The Kier molecular flexibility index (Phi) is 5.18. The summed E-state index contributed by atoms with van der Waals surface area (Å²) in [6.07, 6.45) is 2.33. The number of thiophene rings is 1. The molecule has 1 N–H and O–H groups in total. The van der Waals surface area contributed by atoms with Gasteiger partial charge in [0.25, 0.3) is 0 Å². The van der Waals surface area contributed by atoms with Gasteiger partial charge in [0.05, 0.1) is 0 Å². The number of carbonyl (C=O) groups excluding carboxylic acids is 1. The van der Waals surface area contributed by atoms with Crippen LogP contribution in [0.4, 0.5) is 5.69 Å². The number of amides is 1. The van der Waals surface area contributed by atoms with Gasteiger partial charge in [0.1, 0.15) is 5.75 Å². The Morgan fingerprint density at radius 2 is 2.15 bits per heavy atom. The Labute approximate surface area is 123 Å². The zero-order valence-corrected chi connectivity index (χ0v) is 12.4. The summed E-state index contributed by atoms with van der Waals surface area (Å²) in [5.41, 5.74) is 0.758. The standard InChI is InChI=1S/C16H19NO2S/c1-2-17(13-6-3-7-14(18)12-13)16(19)10-4-8-15-9-5-11-20-15/h3,5-7,9,11-12,18H,2,4,8,10H2,1H3. The molecule has 0 fully saturated rings. The van der Waals surface area contributed by atoms with Crippen molar-refractivity contribution in [2.45, 2.75) is 26.2 Å². The van der Waals surface area contributed by atoms with Gasteiger partial charge in [0, 0.05) is 29.6 Å². The first kappa shape index (κ1) is 14.6. The summed E-state index contributed by atoms with van der Waals surface area (Å²) in [7, 11) is 0. The van der Waals surface area contributed by atoms with E-state index in [1.807, 2.05) is 19.1 Å². The van der Waals surface area contributed by atoms with Crippen molar-refractivity contribution in [2.24, 2.45) is 0 Å². The first-order valence-corrected chi connectivity index (χ1v) is 7.70. The zero-order chi connectivity index (χ0) is 14.4. The van der Waals surface area contributed by atoms with Crippen LogP contribution in [0.15, 0.2) is 41.8 Å². The highest BCUT2D eigenvalue weighted by Crippen LogP contribution is 2.21. The molecule has 3 nitrogen and oxygen atoms in total. The van der Waals surface area contributed by atoms with Crippen LogP contribution in [0.3, 0.4) is 0 Å². The van der Waals surface area contributed by atoms with Gasteiger partial charge < -0.3 is 10.0 Å². The third-order valence-corrected chi connectivity index (χ3v) is 4.09. The van der Waals surface area contributed by atoms with E-state index in [1.165, 1.54) is 4.88 Å². The molecule has 0 radical (unpaired) electrons. The molecular formula is C16H19NO2S. The lowest BCUT2D eigenvalue weighted by Crippen LogP contribution is -2.30. The van der Waals surface area contributed by atoms with Gasteiger partial charge in [-0.25, -0.2) is 0 Å². The molecule has 0 aliphatic heterocycles. The lowest BCUT2D eigenvalue weighted by atomic mass is 10.2. The quantitative estimate of drug-likeness (QED) is 0.878. The van der Waals surface area contributed by atoms with Crippen LogP contribution >= 0.6 is 11.3 Å². The summed E-state index contributed by atoms with van der Waals surface area (Å²) in [6, 6.07) is 11.0. The van der Waals surface area contributed by atoms with Gasteiger partial charge in [-0.1, -0.05) is 12.1 Å². The summed E-state index contributed by atoms with van der Waals surface area (Å²) in [6.45, 7) is 2.56. The maximum Gasteiger partial charge on any atom is 0.226 e. The molecule has 0 bridgehead atoms. The van der Waals surface area contributed by atoms with Crippen LogP contribution in [0.25, 0.3) is 0 Å². The average Bonchev–Trinajstić information content (AvgIpc) is 2.93. The topological polar surface area (TPSA) is 40.5 Å². The number of hydrogen-bond acceptors (Lipinski definition) is 3. The van der Waals surface area contributed by atoms with Crippen molar-refractivity contribution in [2.75, 3.05) is 11.4 Å². The summed E-state index contributed by atoms with van der Waals surface area (Å²) in [4.78, 5) is 15.3. The second-order valence-electron chi connectivity index (χ2n) is 4.59.